The Morgan fingerprint density at radius 2 is 1.26 bits per heavy atom. The molecule has 0 aliphatic rings. The van der Waals surface area contributed by atoms with E-state index in [1.54, 1.807) is 0 Å². The highest BCUT2D eigenvalue weighted by Gasteiger charge is 2.01. The first kappa shape index (κ1) is 26.2. The number of aliphatic carboxylic acids is 1. The van der Waals surface area contributed by atoms with Crippen LogP contribution in [0.4, 0.5) is 0 Å². The average molecular weight is 383 g/mol. The van der Waals surface area contributed by atoms with Crippen molar-refractivity contribution in [1.29, 1.82) is 0 Å². The molecule has 0 amide bonds. The van der Waals surface area contributed by atoms with Gasteiger partial charge in [0.2, 0.25) is 0 Å². The number of unbranched alkanes of at least 4 members (excludes halogenated alkanes) is 14. The van der Waals surface area contributed by atoms with Crippen molar-refractivity contribution in [3.05, 3.63) is 12.2 Å². The molecule has 1 unspecified atom stereocenters. The highest BCUT2D eigenvalue weighted by atomic mass is 16.4. The summed E-state index contributed by atoms with van der Waals surface area (Å²) in [5.41, 5.74) is 0. The quantitative estimate of drug-likeness (QED) is 0.160. The summed E-state index contributed by atoms with van der Waals surface area (Å²) in [5.74, 6) is -0.670. The molecule has 0 heterocycles. The second kappa shape index (κ2) is 21.5. The Bertz CT molecular complexity index is 339. The Balaban J connectivity index is 3.20. The van der Waals surface area contributed by atoms with Gasteiger partial charge in [-0.3, -0.25) is 4.79 Å². The Hall–Kier alpha value is -0.830. The molecule has 3 nitrogen and oxygen atoms in total. The fraction of sp³-hybridized carbons (Fsp3) is 0.875. The van der Waals surface area contributed by atoms with E-state index in [9.17, 15) is 9.90 Å². The first-order chi connectivity index (χ1) is 13.2. The Labute approximate surface area is 168 Å². The lowest BCUT2D eigenvalue weighted by molar-refractivity contribution is -0.137. The Morgan fingerprint density at radius 3 is 1.81 bits per heavy atom. The standard InChI is InChI=1S/C24H46O3/c1-2-3-4-5-11-14-17-20-23(25)21-18-15-12-9-7-6-8-10-13-16-19-22-24(26)27/h14,17,23,25H,2-13,15-16,18-22H2,1H3,(H,26,27). The van der Waals surface area contributed by atoms with Crippen molar-refractivity contribution in [1.82, 2.24) is 0 Å². The average Bonchev–Trinajstić information content (AvgIpc) is 2.64. The second-order valence-corrected chi connectivity index (χ2v) is 8.03. The van der Waals surface area contributed by atoms with Gasteiger partial charge in [-0.25, -0.2) is 0 Å². The van der Waals surface area contributed by atoms with E-state index in [1.165, 1.54) is 77.0 Å². The van der Waals surface area contributed by atoms with Crippen LogP contribution in [0, 0.1) is 0 Å². The van der Waals surface area contributed by atoms with Gasteiger partial charge in [0, 0.05) is 6.42 Å². The second-order valence-electron chi connectivity index (χ2n) is 8.03. The van der Waals surface area contributed by atoms with E-state index in [2.05, 4.69) is 19.1 Å². The molecular weight excluding hydrogens is 336 g/mol. The molecule has 0 saturated carbocycles. The molecule has 160 valence electrons. The van der Waals surface area contributed by atoms with Crippen LogP contribution in [-0.4, -0.2) is 22.3 Å². The molecule has 0 aromatic heterocycles. The molecule has 0 rings (SSSR count). The maximum atomic E-state index is 10.4. The molecule has 0 spiro atoms. The van der Waals surface area contributed by atoms with Crippen LogP contribution in [0.3, 0.4) is 0 Å². The molecular formula is C24H46O3. The summed E-state index contributed by atoms with van der Waals surface area (Å²) in [7, 11) is 0. The van der Waals surface area contributed by atoms with Crippen LogP contribution in [-0.2, 0) is 4.79 Å². The largest absolute Gasteiger partial charge is 0.481 e. The predicted octanol–water partition coefficient (Wildman–Crippen LogP) is 7.42. The molecule has 0 aliphatic carbocycles. The zero-order chi connectivity index (χ0) is 20.0. The highest BCUT2D eigenvalue weighted by molar-refractivity contribution is 5.66. The van der Waals surface area contributed by atoms with E-state index in [1.807, 2.05) is 0 Å². The van der Waals surface area contributed by atoms with Gasteiger partial charge in [0.25, 0.3) is 0 Å². The van der Waals surface area contributed by atoms with Crippen molar-refractivity contribution >= 4 is 5.97 Å². The number of allylic oxidation sites excluding steroid dienone is 1. The van der Waals surface area contributed by atoms with Gasteiger partial charge in [-0.1, -0.05) is 103 Å². The number of aliphatic hydroxyl groups excluding tert-OH is 1. The van der Waals surface area contributed by atoms with Crippen LogP contribution in [0.1, 0.15) is 129 Å². The summed E-state index contributed by atoms with van der Waals surface area (Å²) in [6.07, 6.45) is 26.0. The van der Waals surface area contributed by atoms with Gasteiger partial charge in [0.15, 0.2) is 0 Å². The van der Waals surface area contributed by atoms with Crippen LogP contribution < -0.4 is 0 Å². The number of aliphatic hydroxyl groups is 1. The van der Waals surface area contributed by atoms with Crippen molar-refractivity contribution in [3.63, 3.8) is 0 Å². The first-order valence-electron chi connectivity index (χ1n) is 11.7. The van der Waals surface area contributed by atoms with Crippen molar-refractivity contribution in [3.8, 4) is 0 Å². The molecule has 0 aromatic carbocycles. The van der Waals surface area contributed by atoms with E-state index >= 15 is 0 Å². The van der Waals surface area contributed by atoms with Crippen molar-refractivity contribution in [2.45, 2.75) is 135 Å². The van der Waals surface area contributed by atoms with Crippen LogP contribution in [0.25, 0.3) is 0 Å². The summed E-state index contributed by atoms with van der Waals surface area (Å²) >= 11 is 0. The third-order valence-electron chi connectivity index (χ3n) is 5.23. The normalized spacial score (nSPS) is 12.7. The van der Waals surface area contributed by atoms with Crippen LogP contribution >= 0.6 is 0 Å². The van der Waals surface area contributed by atoms with Crippen LogP contribution in [0.15, 0.2) is 12.2 Å². The molecule has 0 saturated heterocycles. The Morgan fingerprint density at radius 1 is 0.741 bits per heavy atom. The van der Waals surface area contributed by atoms with Gasteiger partial charge in [-0.05, 0) is 32.1 Å². The van der Waals surface area contributed by atoms with Gasteiger partial charge >= 0.3 is 5.97 Å². The number of carboxylic acids is 1. The third kappa shape index (κ3) is 23.1. The summed E-state index contributed by atoms with van der Waals surface area (Å²) in [4.78, 5) is 10.4. The summed E-state index contributed by atoms with van der Waals surface area (Å²) < 4.78 is 0. The summed E-state index contributed by atoms with van der Waals surface area (Å²) in [6, 6.07) is 0. The molecule has 0 bridgehead atoms. The van der Waals surface area contributed by atoms with Gasteiger partial charge in [-0.15, -0.1) is 0 Å². The number of carboxylic acid groups (broad SMARTS) is 1. The zero-order valence-corrected chi connectivity index (χ0v) is 18.0. The molecule has 27 heavy (non-hydrogen) atoms. The highest BCUT2D eigenvalue weighted by Crippen LogP contribution is 2.14. The number of rotatable bonds is 21. The molecule has 0 fully saturated rings. The van der Waals surface area contributed by atoms with E-state index in [-0.39, 0.29) is 6.10 Å². The summed E-state index contributed by atoms with van der Waals surface area (Å²) in [5, 5.41) is 18.6. The monoisotopic (exact) mass is 382 g/mol. The SMILES string of the molecule is CCCCCCC=CCC(O)CCCCCCCCCCCCCC(=O)O. The van der Waals surface area contributed by atoms with Crippen LogP contribution in [0.5, 0.6) is 0 Å². The lowest BCUT2D eigenvalue weighted by Crippen LogP contribution is -2.04. The first-order valence-corrected chi connectivity index (χ1v) is 11.7. The fourth-order valence-corrected chi connectivity index (χ4v) is 3.43. The Kier molecular flexibility index (Phi) is 20.8. The summed E-state index contributed by atoms with van der Waals surface area (Å²) in [6.45, 7) is 2.24. The molecule has 1 atom stereocenters. The third-order valence-corrected chi connectivity index (χ3v) is 5.23. The van der Waals surface area contributed by atoms with E-state index in [0.29, 0.717) is 6.42 Å². The minimum absolute atomic E-state index is 0.155. The molecule has 0 radical (unpaired) electrons. The van der Waals surface area contributed by atoms with Gasteiger partial charge in [0.05, 0.1) is 6.10 Å². The topological polar surface area (TPSA) is 57.5 Å². The predicted molar refractivity (Wildman–Crippen MR) is 116 cm³/mol. The van der Waals surface area contributed by atoms with Crippen molar-refractivity contribution in [2.75, 3.05) is 0 Å². The lowest BCUT2D eigenvalue weighted by Gasteiger charge is -2.07. The van der Waals surface area contributed by atoms with Crippen molar-refractivity contribution in [2.24, 2.45) is 0 Å². The smallest absolute Gasteiger partial charge is 0.303 e. The van der Waals surface area contributed by atoms with E-state index < -0.39 is 5.97 Å². The fourth-order valence-electron chi connectivity index (χ4n) is 3.43. The minimum atomic E-state index is -0.670. The van der Waals surface area contributed by atoms with Crippen molar-refractivity contribution < 1.29 is 15.0 Å². The van der Waals surface area contributed by atoms with E-state index in [0.717, 1.165) is 38.5 Å². The lowest BCUT2D eigenvalue weighted by atomic mass is 10.0. The number of carbonyl (C=O) groups is 1. The maximum Gasteiger partial charge on any atom is 0.303 e. The molecule has 3 heteroatoms. The number of hydrogen-bond donors (Lipinski definition) is 2. The maximum absolute atomic E-state index is 10.4. The molecule has 2 N–H and O–H groups in total. The molecule has 0 aromatic rings. The van der Waals surface area contributed by atoms with Crippen LogP contribution in [0.2, 0.25) is 0 Å². The van der Waals surface area contributed by atoms with E-state index in [4.69, 9.17) is 5.11 Å². The minimum Gasteiger partial charge on any atom is -0.481 e. The molecule has 0 aliphatic heterocycles. The zero-order valence-electron chi connectivity index (χ0n) is 18.0. The number of hydrogen-bond acceptors (Lipinski definition) is 2. The van der Waals surface area contributed by atoms with Gasteiger partial charge in [0.1, 0.15) is 0 Å². The van der Waals surface area contributed by atoms with Gasteiger partial charge in [-0.2, -0.15) is 0 Å². The van der Waals surface area contributed by atoms with Gasteiger partial charge < -0.3 is 10.2 Å².